The van der Waals surface area contributed by atoms with Crippen LogP contribution in [0.1, 0.15) is 39.0 Å². The van der Waals surface area contributed by atoms with E-state index in [9.17, 15) is 23.3 Å². The Labute approximate surface area is 201 Å². The van der Waals surface area contributed by atoms with Crippen molar-refractivity contribution in [1.29, 1.82) is 0 Å². The number of rotatable bonds is 5. The highest BCUT2D eigenvalue weighted by Crippen LogP contribution is 2.35. The van der Waals surface area contributed by atoms with Gasteiger partial charge in [0, 0.05) is 51.3 Å². The molecule has 11 heteroatoms. The summed E-state index contributed by atoms with van der Waals surface area (Å²) in [5.74, 6) is 0.787. The number of carbonyl (C=O) groups excluding carboxylic acids is 1. The van der Waals surface area contributed by atoms with Crippen molar-refractivity contribution in [2.75, 3.05) is 57.4 Å². The van der Waals surface area contributed by atoms with Crippen molar-refractivity contribution in [2.24, 2.45) is 11.8 Å². The average Bonchev–Trinajstić information content (AvgIpc) is 3.08. The molecule has 0 bridgehead atoms. The van der Waals surface area contributed by atoms with E-state index in [1.807, 2.05) is 9.80 Å². The van der Waals surface area contributed by atoms with Crippen LogP contribution in [0.5, 0.6) is 0 Å². The van der Waals surface area contributed by atoms with Gasteiger partial charge in [-0.2, -0.15) is 4.31 Å². The minimum atomic E-state index is -3.82. The third kappa shape index (κ3) is 5.36. The Hall–Kier alpha value is -2.24. The van der Waals surface area contributed by atoms with E-state index in [-0.39, 0.29) is 35.5 Å². The summed E-state index contributed by atoms with van der Waals surface area (Å²) in [5, 5.41) is 11.8. The smallest absolute Gasteiger partial charge is 0.293 e. The minimum absolute atomic E-state index is 0.0651. The van der Waals surface area contributed by atoms with E-state index < -0.39 is 14.9 Å². The fourth-order valence-electron chi connectivity index (χ4n) is 5.12. The van der Waals surface area contributed by atoms with Crippen molar-refractivity contribution in [3.05, 3.63) is 28.3 Å². The fourth-order valence-corrected chi connectivity index (χ4v) is 6.55. The van der Waals surface area contributed by atoms with Crippen LogP contribution in [0.2, 0.25) is 0 Å². The molecule has 0 aliphatic carbocycles. The Kier molecular flexibility index (Phi) is 7.73. The van der Waals surface area contributed by atoms with Gasteiger partial charge >= 0.3 is 0 Å². The maximum atomic E-state index is 13.1. The standard InChI is InChI=1S/C23H34N4O6S/c1-18-3-2-9-25(10-6-18)23(28)19-7-11-24(12-8-19)21-5-4-20(17-22(21)27(29)30)34(31,32)26-13-15-33-16-14-26/h4-5,17-19H,2-3,6-16H2,1H3. The lowest BCUT2D eigenvalue weighted by Crippen LogP contribution is -2.43. The number of hydrogen-bond donors (Lipinski definition) is 0. The summed E-state index contributed by atoms with van der Waals surface area (Å²) in [6.07, 6.45) is 4.50. The summed E-state index contributed by atoms with van der Waals surface area (Å²) < 4.78 is 32.4. The third-order valence-electron chi connectivity index (χ3n) is 7.26. The first-order chi connectivity index (χ1) is 16.3. The van der Waals surface area contributed by atoms with E-state index in [1.54, 1.807) is 0 Å². The van der Waals surface area contributed by atoms with Gasteiger partial charge in [-0.3, -0.25) is 14.9 Å². The number of nitro groups is 1. The molecule has 4 rings (SSSR count). The second-order valence-electron chi connectivity index (χ2n) is 9.55. The van der Waals surface area contributed by atoms with Gasteiger partial charge in [0.1, 0.15) is 5.69 Å². The number of ether oxygens (including phenoxy) is 1. The maximum absolute atomic E-state index is 13.1. The molecule has 1 aromatic rings. The van der Waals surface area contributed by atoms with E-state index in [0.29, 0.717) is 50.8 Å². The van der Waals surface area contributed by atoms with Crippen molar-refractivity contribution < 1.29 is 22.9 Å². The van der Waals surface area contributed by atoms with Crippen LogP contribution in [0.15, 0.2) is 23.1 Å². The summed E-state index contributed by atoms with van der Waals surface area (Å²) in [6.45, 7) is 5.99. The van der Waals surface area contributed by atoms with Crippen molar-refractivity contribution in [3.63, 3.8) is 0 Å². The molecule has 0 spiro atoms. The molecule has 0 radical (unpaired) electrons. The summed E-state index contributed by atoms with van der Waals surface area (Å²) in [5.41, 5.74) is 0.182. The molecule has 0 N–H and O–H groups in total. The van der Waals surface area contributed by atoms with Gasteiger partial charge in [-0.25, -0.2) is 8.42 Å². The first-order valence-corrected chi connectivity index (χ1v) is 13.6. The normalized spacial score (nSPS) is 23.5. The molecule has 10 nitrogen and oxygen atoms in total. The molecule has 1 aromatic carbocycles. The lowest BCUT2D eigenvalue weighted by molar-refractivity contribution is -0.384. The van der Waals surface area contributed by atoms with Crippen LogP contribution in [0.25, 0.3) is 0 Å². The largest absolute Gasteiger partial charge is 0.379 e. The summed E-state index contributed by atoms with van der Waals surface area (Å²) in [7, 11) is -3.82. The highest BCUT2D eigenvalue weighted by atomic mass is 32.2. The molecule has 1 atom stereocenters. The Morgan fingerprint density at radius 1 is 1.03 bits per heavy atom. The Bertz CT molecular complexity index is 1000. The number of carbonyl (C=O) groups is 1. The number of piperidine rings is 1. The Balaban J connectivity index is 1.45. The number of anilines is 1. The number of amides is 1. The number of morpholine rings is 1. The van der Waals surface area contributed by atoms with Crippen molar-refractivity contribution in [2.45, 2.75) is 43.9 Å². The van der Waals surface area contributed by atoms with E-state index in [4.69, 9.17) is 4.74 Å². The molecule has 3 heterocycles. The van der Waals surface area contributed by atoms with Crippen molar-refractivity contribution >= 4 is 27.3 Å². The summed E-state index contributed by atoms with van der Waals surface area (Å²) in [4.78, 5) is 28.2. The molecular weight excluding hydrogens is 460 g/mol. The van der Waals surface area contributed by atoms with E-state index >= 15 is 0 Å². The minimum Gasteiger partial charge on any atom is -0.379 e. The van der Waals surface area contributed by atoms with E-state index in [1.165, 1.54) is 16.4 Å². The van der Waals surface area contributed by atoms with Crippen molar-refractivity contribution in [3.8, 4) is 0 Å². The molecule has 188 valence electrons. The van der Waals surface area contributed by atoms with Gasteiger partial charge in [0.05, 0.1) is 23.0 Å². The summed E-state index contributed by atoms with van der Waals surface area (Å²) >= 11 is 0. The van der Waals surface area contributed by atoms with Crippen molar-refractivity contribution in [1.82, 2.24) is 9.21 Å². The average molecular weight is 495 g/mol. The molecule has 0 saturated carbocycles. The quantitative estimate of drug-likeness (QED) is 0.456. The topological polar surface area (TPSA) is 113 Å². The van der Waals surface area contributed by atoms with Gasteiger partial charge in [-0.05, 0) is 50.2 Å². The monoisotopic (exact) mass is 494 g/mol. The van der Waals surface area contributed by atoms with Gasteiger partial charge < -0.3 is 14.5 Å². The van der Waals surface area contributed by atoms with Crippen LogP contribution >= 0.6 is 0 Å². The van der Waals surface area contributed by atoms with Crippen LogP contribution in [0, 0.1) is 22.0 Å². The predicted molar refractivity (Wildman–Crippen MR) is 127 cm³/mol. The highest BCUT2D eigenvalue weighted by Gasteiger charge is 2.33. The van der Waals surface area contributed by atoms with E-state index in [2.05, 4.69) is 6.92 Å². The number of nitro benzene ring substituents is 1. The number of benzene rings is 1. The molecule has 3 fully saturated rings. The highest BCUT2D eigenvalue weighted by molar-refractivity contribution is 7.89. The molecule has 3 saturated heterocycles. The number of sulfonamides is 1. The van der Waals surface area contributed by atoms with Crippen LogP contribution < -0.4 is 4.90 Å². The molecule has 1 unspecified atom stereocenters. The van der Waals surface area contributed by atoms with Crippen LogP contribution in [0.4, 0.5) is 11.4 Å². The lowest BCUT2D eigenvalue weighted by Gasteiger charge is -2.35. The fraction of sp³-hybridized carbons (Fsp3) is 0.696. The zero-order valence-electron chi connectivity index (χ0n) is 19.7. The van der Waals surface area contributed by atoms with Crippen LogP contribution in [-0.4, -0.2) is 80.9 Å². The SMILES string of the molecule is CC1CCCN(C(=O)C2CCN(c3ccc(S(=O)(=O)N4CCOCC4)cc3[N+](=O)[O-])CC2)CC1. The van der Waals surface area contributed by atoms with Gasteiger partial charge in [-0.15, -0.1) is 0 Å². The lowest BCUT2D eigenvalue weighted by atomic mass is 9.94. The zero-order valence-corrected chi connectivity index (χ0v) is 20.5. The second-order valence-corrected chi connectivity index (χ2v) is 11.5. The molecule has 34 heavy (non-hydrogen) atoms. The second kappa shape index (κ2) is 10.6. The Morgan fingerprint density at radius 2 is 1.74 bits per heavy atom. The first kappa shape index (κ1) is 24.9. The predicted octanol–water partition coefficient (Wildman–Crippen LogP) is 2.48. The van der Waals surface area contributed by atoms with Crippen LogP contribution in [-0.2, 0) is 19.6 Å². The molecule has 1 amide bonds. The van der Waals surface area contributed by atoms with Gasteiger partial charge in [-0.1, -0.05) is 6.92 Å². The zero-order chi connectivity index (χ0) is 24.3. The first-order valence-electron chi connectivity index (χ1n) is 12.2. The maximum Gasteiger partial charge on any atom is 0.293 e. The molecule has 3 aliphatic heterocycles. The van der Waals surface area contributed by atoms with E-state index in [0.717, 1.165) is 38.4 Å². The van der Waals surface area contributed by atoms with Crippen LogP contribution in [0.3, 0.4) is 0 Å². The number of hydrogen-bond acceptors (Lipinski definition) is 7. The number of likely N-dealkylation sites (tertiary alicyclic amines) is 1. The van der Waals surface area contributed by atoms with Gasteiger partial charge in [0.15, 0.2) is 0 Å². The molecule has 3 aliphatic rings. The number of nitrogens with zero attached hydrogens (tertiary/aromatic N) is 4. The van der Waals surface area contributed by atoms with Gasteiger partial charge in [0.2, 0.25) is 15.9 Å². The summed E-state index contributed by atoms with van der Waals surface area (Å²) in [6, 6.07) is 4.14. The molecule has 0 aromatic heterocycles. The molecular formula is C23H34N4O6S. The third-order valence-corrected chi connectivity index (χ3v) is 9.16. The van der Waals surface area contributed by atoms with Gasteiger partial charge in [0.25, 0.3) is 5.69 Å². The Morgan fingerprint density at radius 3 is 2.41 bits per heavy atom.